The summed E-state index contributed by atoms with van der Waals surface area (Å²) in [6.45, 7) is 6.77. The van der Waals surface area contributed by atoms with Crippen LogP contribution in [0.5, 0.6) is 0 Å². The van der Waals surface area contributed by atoms with Crippen LogP contribution in [0.4, 0.5) is 0 Å². The molecule has 0 atom stereocenters. The van der Waals surface area contributed by atoms with Crippen molar-refractivity contribution in [2.75, 3.05) is 18.9 Å². The molecule has 21 heavy (non-hydrogen) atoms. The molecular formula is C16H23NO3S. The molecule has 0 aliphatic heterocycles. The average molecular weight is 309 g/mol. The first kappa shape index (κ1) is 17.6. The van der Waals surface area contributed by atoms with E-state index in [-0.39, 0.29) is 11.9 Å². The molecule has 1 aromatic rings. The van der Waals surface area contributed by atoms with Gasteiger partial charge in [0.25, 0.3) is 0 Å². The second-order valence-electron chi connectivity index (χ2n) is 4.82. The van der Waals surface area contributed by atoms with Crippen molar-refractivity contribution < 1.29 is 14.3 Å². The summed E-state index contributed by atoms with van der Waals surface area (Å²) < 4.78 is 4.82. The van der Waals surface area contributed by atoms with Crippen molar-refractivity contribution in [3.8, 4) is 0 Å². The number of aryl methyl sites for hydroxylation is 2. The number of hydrogen-bond acceptors (Lipinski definition) is 4. The predicted molar refractivity (Wildman–Crippen MR) is 85.5 cm³/mol. The van der Waals surface area contributed by atoms with Gasteiger partial charge in [0, 0.05) is 17.9 Å². The maximum atomic E-state index is 11.7. The van der Waals surface area contributed by atoms with Gasteiger partial charge in [0.05, 0.1) is 12.4 Å². The van der Waals surface area contributed by atoms with Gasteiger partial charge >= 0.3 is 5.97 Å². The van der Waals surface area contributed by atoms with E-state index in [1.807, 2.05) is 13.8 Å². The van der Waals surface area contributed by atoms with Crippen LogP contribution in [0.3, 0.4) is 0 Å². The number of carbonyl (C=O) groups excluding carboxylic acids is 2. The second kappa shape index (κ2) is 9.45. The molecule has 0 bridgehead atoms. The van der Waals surface area contributed by atoms with Crippen LogP contribution in [0, 0.1) is 13.8 Å². The minimum Gasteiger partial charge on any atom is -0.466 e. The lowest BCUT2D eigenvalue weighted by Gasteiger charge is -2.08. The lowest BCUT2D eigenvalue weighted by molar-refractivity contribution is -0.143. The van der Waals surface area contributed by atoms with Gasteiger partial charge in [-0.1, -0.05) is 17.7 Å². The van der Waals surface area contributed by atoms with Crippen LogP contribution < -0.4 is 5.32 Å². The molecular weight excluding hydrogens is 286 g/mol. The molecule has 1 amide bonds. The summed E-state index contributed by atoms with van der Waals surface area (Å²) in [6.07, 6.45) is 0.955. The maximum Gasteiger partial charge on any atom is 0.305 e. The molecule has 5 heteroatoms. The fraction of sp³-hybridized carbons (Fsp3) is 0.500. The molecule has 0 aromatic heterocycles. The first-order chi connectivity index (χ1) is 10.0. The molecule has 0 fully saturated rings. The molecule has 0 heterocycles. The van der Waals surface area contributed by atoms with E-state index in [2.05, 4.69) is 23.5 Å². The fourth-order valence-electron chi connectivity index (χ4n) is 1.75. The highest BCUT2D eigenvalue weighted by molar-refractivity contribution is 8.00. The van der Waals surface area contributed by atoms with E-state index in [0.29, 0.717) is 31.7 Å². The molecule has 1 N–H and O–H groups in total. The monoisotopic (exact) mass is 309 g/mol. The number of ether oxygens (including phenoxy) is 1. The Hall–Kier alpha value is -1.49. The van der Waals surface area contributed by atoms with Crippen LogP contribution in [-0.4, -0.2) is 30.8 Å². The molecule has 0 saturated carbocycles. The van der Waals surface area contributed by atoms with Crippen LogP contribution in [0.1, 0.15) is 30.9 Å². The minimum absolute atomic E-state index is 0.00948. The Morgan fingerprint density at radius 3 is 2.76 bits per heavy atom. The summed E-state index contributed by atoms with van der Waals surface area (Å²) in [6, 6.07) is 6.22. The number of hydrogen-bond donors (Lipinski definition) is 1. The van der Waals surface area contributed by atoms with Crippen molar-refractivity contribution in [2.24, 2.45) is 0 Å². The Morgan fingerprint density at radius 1 is 1.29 bits per heavy atom. The highest BCUT2D eigenvalue weighted by Crippen LogP contribution is 2.23. The molecule has 0 aliphatic carbocycles. The van der Waals surface area contributed by atoms with E-state index < -0.39 is 0 Å². The van der Waals surface area contributed by atoms with Gasteiger partial charge < -0.3 is 10.1 Å². The Kier molecular flexibility index (Phi) is 7.90. The summed E-state index contributed by atoms with van der Waals surface area (Å²) in [7, 11) is 0. The second-order valence-corrected chi connectivity index (χ2v) is 5.83. The van der Waals surface area contributed by atoms with Crippen LogP contribution in [-0.2, 0) is 14.3 Å². The third-order valence-corrected chi connectivity index (χ3v) is 4.04. The molecule has 0 spiro atoms. The first-order valence-corrected chi connectivity index (χ1v) is 8.14. The highest BCUT2D eigenvalue weighted by Gasteiger charge is 2.06. The highest BCUT2D eigenvalue weighted by atomic mass is 32.2. The standard InChI is InChI=1S/C16H23NO3S/c1-4-20-16(19)6-5-9-17-15(18)11-21-14-10-12(2)7-8-13(14)3/h7-8,10H,4-6,9,11H2,1-3H3,(H,17,18). The first-order valence-electron chi connectivity index (χ1n) is 7.15. The molecule has 0 unspecified atom stereocenters. The quantitative estimate of drug-likeness (QED) is 0.456. The number of nitrogens with one attached hydrogen (secondary N) is 1. The molecule has 0 saturated heterocycles. The zero-order chi connectivity index (χ0) is 15.7. The van der Waals surface area contributed by atoms with Crippen molar-refractivity contribution >= 4 is 23.6 Å². The Labute approximate surface area is 130 Å². The largest absolute Gasteiger partial charge is 0.466 e. The van der Waals surface area contributed by atoms with Crippen LogP contribution in [0.2, 0.25) is 0 Å². The Balaban J connectivity index is 2.22. The summed E-state index contributed by atoms with van der Waals surface area (Å²) in [5.41, 5.74) is 2.37. The minimum atomic E-state index is -0.212. The van der Waals surface area contributed by atoms with Gasteiger partial charge in [0.15, 0.2) is 0 Å². The Bertz CT molecular complexity index is 488. The third kappa shape index (κ3) is 7.18. The van der Waals surface area contributed by atoms with Gasteiger partial charge in [-0.3, -0.25) is 9.59 Å². The fourth-order valence-corrected chi connectivity index (χ4v) is 2.70. The molecule has 116 valence electrons. The normalized spacial score (nSPS) is 10.2. The van der Waals surface area contributed by atoms with Gasteiger partial charge in [0.1, 0.15) is 0 Å². The zero-order valence-corrected chi connectivity index (χ0v) is 13.7. The number of esters is 1. The maximum absolute atomic E-state index is 11.7. The van der Waals surface area contributed by atoms with Crippen molar-refractivity contribution in [3.63, 3.8) is 0 Å². The van der Waals surface area contributed by atoms with Crippen molar-refractivity contribution in [2.45, 2.75) is 38.5 Å². The molecule has 0 radical (unpaired) electrons. The van der Waals surface area contributed by atoms with Crippen molar-refractivity contribution in [3.05, 3.63) is 29.3 Å². The number of thioether (sulfide) groups is 1. The number of rotatable bonds is 8. The predicted octanol–water partition coefficient (Wildman–Crippen LogP) is 2.86. The van der Waals surface area contributed by atoms with E-state index in [0.717, 1.165) is 4.90 Å². The van der Waals surface area contributed by atoms with Gasteiger partial charge in [-0.2, -0.15) is 0 Å². The lowest BCUT2D eigenvalue weighted by Crippen LogP contribution is -2.26. The van der Waals surface area contributed by atoms with E-state index >= 15 is 0 Å². The summed E-state index contributed by atoms with van der Waals surface area (Å²) in [4.78, 5) is 24.0. The SMILES string of the molecule is CCOC(=O)CCCNC(=O)CSc1cc(C)ccc1C. The van der Waals surface area contributed by atoms with Gasteiger partial charge in [0.2, 0.25) is 5.91 Å². The number of benzene rings is 1. The molecule has 4 nitrogen and oxygen atoms in total. The summed E-state index contributed by atoms with van der Waals surface area (Å²) >= 11 is 1.54. The Morgan fingerprint density at radius 2 is 2.05 bits per heavy atom. The van der Waals surface area contributed by atoms with Gasteiger partial charge in [-0.15, -0.1) is 11.8 Å². The van der Waals surface area contributed by atoms with Gasteiger partial charge in [-0.25, -0.2) is 0 Å². The summed E-state index contributed by atoms with van der Waals surface area (Å²) in [5.74, 6) is 0.172. The smallest absolute Gasteiger partial charge is 0.305 e. The van der Waals surface area contributed by atoms with E-state index in [1.165, 1.54) is 22.9 Å². The zero-order valence-electron chi connectivity index (χ0n) is 12.9. The average Bonchev–Trinajstić information content (AvgIpc) is 2.45. The molecule has 0 aliphatic rings. The van der Waals surface area contributed by atoms with E-state index in [4.69, 9.17) is 4.74 Å². The van der Waals surface area contributed by atoms with Crippen LogP contribution in [0.25, 0.3) is 0 Å². The molecule has 1 aromatic carbocycles. The van der Waals surface area contributed by atoms with Gasteiger partial charge in [-0.05, 0) is 38.8 Å². The number of amides is 1. The third-order valence-electron chi connectivity index (χ3n) is 2.89. The van der Waals surface area contributed by atoms with Crippen LogP contribution >= 0.6 is 11.8 Å². The van der Waals surface area contributed by atoms with E-state index in [9.17, 15) is 9.59 Å². The van der Waals surface area contributed by atoms with Crippen molar-refractivity contribution in [1.29, 1.82) is 0 Å². The van der Waals surface area contributed by atoms with Crippen molar-refractivity contribution in [1.82, 2.24) is 5.32 Å². The number of carbonyl (C=O) groups is 2. The van der Waals surface area contributed by atoms with Crippen LogP contribution in [0.15, 0.2) is 23.1 Å². The van der Waals surface area contributed by atoms with E-state index in [1.54, 1.807) is 6.92 Å². The lowest BCUT2D eigenvalue weighted by atomic mass is 10.2. The molecule has 1 rings (SSSR count). The topological polar surface area (TPSA) is 55.4 Å². The summed E-state index contributed by atoms with van der Waals surface area (Å²) in [5, 5.41) is 2.82.